The number of allylic oxidation sites excluding steroid dienone is 8. The number of hydrogen-bond acceptors (Lipinski definition) is 6. The normalized spacial score (nSPS) is 16.5. The molecule has 0 bridgehead atoms. The summed E-state index contributed by atoms with van der Waals surface area (Å²) < 4.78 is 118. The number of alkyl halides is 6. The van der Waals surface area contributed by atoms with Crippen LogP contribution < -0.4 is 0 Å². The molecule has 0 saturated carbocycles. The molecule has 0 aromatic carbocycles. The van der Waals surface area contributed by atoms with Gasteiger partial charge in [0, 0.05) is 104 Å². The molecule has 2 aliphatic carbocycles. The molecule has 0 saturated heterocycles. The third-order valence-electron chi connectivity index (χ3n) is 7.75. The van der Waals surface area contributed by atoms with Crippen molar-refractivity contribution in [2.45, 2.75) is 136 Å². The first-order valence-corrected chi connectivity index (χ1v) is 19.6. The summed E-state index contributed by atoms with van der Waals surface area (Å²) in [6.07, 6.45) is 8.68. The van der Waals surface area contributed by atoms with Crippen molar-refractivity contribution in [3.63, 3.8) is 0 Å². The van der Waals surface area contributed by atoms with E-state index in [4.69, 9.17) is 25.9 Å². The first-order valence-electron chi connectivity index (χ1n) is 16.8. The minimum atomic E-state index is -6.09. The Balaban J connectivity index is -0.000000343. The summed E-state index contributed by atoms with van der Waals surface area (Å²) in [7, 11) is -12.2. The molecule has 6 radical (unpaired) electrons. The first-order chi connectivity index (χ1) is 23.0. The van der Waals surface area contributed by atoms with Gasteiger partial charge in [-0.2, -0.15) is 26.3 Å². The summed E-state index contributed by atoms with van der Waals surface area (Å²) in [6.45, 7) is 39.2. The fraction of sp³-hybridized carbons (Fsp3) is 0.684. The molecule has 8 nitrogen and oxygen atoms in total. The minimum absolute atomic E-state index is 0. The van der Waals surface area contributed by atoms with E-state index in [1.165, 1.54) is 11.8 Å². The van der Waals surface area contributed by atoms with Gasteiger partial charge in [0.25, 0.3) is 0 Å². The molecule has 0 N–H and O–H groups in total. The second kappa shape index (κ2) is 20.1. The van der Waals surface area contributed by atoms with Gasteiger partial charge in [-0.25, -0.2) is 16.8 Å². The second-order valence-corrected chi connectivity index (χ2v) is 21.9. The van der Waals surface area contributed by atoms with Gasteiger partial charge in [-0.15, -0.1) is 0 Å². The molecule has 56 heavy (non-hydrogen) atoms. The van der Waals surface area contributed by atoms with Gasteiger partial charge < -0.3 is 19.9 Å². The molecule has 0 aromatic heterocycles. The smallest absolute Gasteiger partial charge is 0.485 e. The van der Waals surface area contributed by atoms with Gasteiger partial charge in [0.15, 0.2) is 20.2 Å². The molecule has 2 rings (SSSR count). The van der Waals surface area contributed by atoms with Gasteiger partial charge in [0.2, 0.25) is 0 Å². The van der Waals surface area contributed by atoms with E-state index in [0.717, 1.165) is 22.3 Å². The molecule has 0 spiro atoms. The average molecular weight is 1060 g/mol. The van der Waals surface area contributed by atoms with E-state index in [9.17, 15) is 37.2 Å². The third kappa shape index (κ3) is 19.9. The van der Waals surface area contributed by atoms with Gasteiger partial charge in [0.1, 0.15) is 0 Å². The summed E-state index contributed by atoms with van der Waals surface area (Å²) in [5.41, 5.74) is -6.19. The maximum atomic E-state index is 10.7. The Kier molecular flexibility index (Phi) is 22.1. The molecule has 0 heterocycles. The van der Waals surface area contributed by atoms with Crippen LogP contribution in [0.2, 0.25) is 0 Å². The van der Waals surface area contributed by atoms with Crippen molar-refractivity contribution in [3.05, 3.63) is 69.3 Å². The summed E-state index contributed by atoms with van der Waals surface area (Å²) in [5, 5.41) is 21.3. The molecule has 0 amide bonds. The standard InChI is InChI=1S/2C18H29N.2CHF3O3S.2Sb/c2*1-16(2,3)12-10-13(17(4,5)6)15(19)14(11-12)18(7,8)9;2*2-1(3,4)8(5,6)7;;/h2*10-11H,1-9H3;2*(H,5,6,7);;/p-2. The van der Waals surface area contributed by atoms with Crippen LogP contribution in [0.3, 0.4) is 0 Å². The zero-order valence-electron chi connectivity index (χ0n) is 35.6. The van der Waals surface area contributed by atoms with Crippen LogP contribution in [-0.4, -0.2) is 97.2 Å². The SMILES string of the molecule is CC(C)(C)C1=C[C+](C(C)(C)C)C=C(C(C)(C)C)C1=[N-].CC(C)(C)C1=C[C+](C(C)(C)C)C=C(C(C)(C)C)C1=[N-].O=S(=O)([O-])C(F)(F)F.O=S(=O)([O-])C(F)(F)F.[Sb].[Sb]. The molecule has 0 atom stereocenters. The summed E-state index contributed by atoms with van der Waals surface area (Å²) >= 11 is 0. The van der Waals surface area contributed by atoms with Crippen molar-refractivity contribution in [1.29, 1.82) is 0 Å². The molecular weight excluding hydrogens is 1000 g/mol. The van der Waals surface area contributed by atoms with Crippen LogP contribution in [0.4, 0.5) is 26.3 Å². The summed E-state index contributed by atoms with van der Waals surface area (Å²) in [6, 6.07) is 0. The Bertz CT molecular complexity index is 1520. The second-order valence-electron chi connectivity index (χ2n) is 19.1. The van der Waals surface area contributed by atoms with Crippen LogP contribution in [0.5, 0.6) is 0 Å². The molecule has 0 aliphatic heterocycles. The van der Waals surface area contributed by atoms with Crippen molar-refractivity contribution in [3.8, 4) is 0 Å². The van der Waals surface area contributed by atoms with Crippen molar-refractivity contribution < 1.29 is 52.3 Å². The van der Waals surface area contributed by atoms with Gasteiger partial charge in [-0.1, -0.05) is 0 Å². The molecule has 0 aromatic rings. The van der Waals surface area contributed by atoms with Crippen LogP contribution >= 0.6 is 0 Å². The number of hydrogen-bond donors (Lipinski definition) is 0. The van der Waals surface area contributed by atoms with Crippen molar-refractivity contribution in [2.24, 2.45) is 32.5 Å². The molecular formula is C38H58F6N2O6S2Sb2-2. The molecule has 0 fully saturated rings. The van der Waals surface area contributed by atoms with Gasteiger partial charge >= 0.3 is 11.0 Å². The van der Waals surface area contributed by atoms with E-state index < -0.39 is 31.3 Å². The van der Waals surface area contributed by atoms with Crippen molar-refractivity contribution >= 4 is 80.5 Å². The number of rotatable bonds is 0. The van der Waals surface area contributed by atoms with Gasteiger partial charge in [0.05, 0.1) is 36.1 Å². The van der Waals surface area contributed by atoms with E-state index in [1.54, 1.807) is 0 Å². The topological polar surface area (TPSA) is 159 Å². The van der Waals surface area contributed by atoms with Crippen LogP contribution in [-0.2, 0) is 20.2 Å². The predicted octanol–water partition coefficient (Wildman–Crippen LogP) is 10.5. The van der Waals surface area contributed by atoms with Crippen molar-refractivity contribution in [1.82, 2.24) is 0 Å². The number of halogens is 6. The largest absolute Gasteiger partial charge is 0.778 e. The maximum Gasteiger partial charge on any atom is 0.485 e. The fourth-order valence-electron chi connectivity index (χ4n) is 4.42. The summed E-state index contributed by atoms with van der Waals surface area (Å²) in [5.74, 6) is 2.58. The Morgan fingerprint density at radius 2 is 0.554 bits per heavy atom. The quantitative estimate of drug-likeness (QED) is 0.0772. The fourth-order valence-corrected chi connectivity index (χ4v) is 4.42. The van der Waals surface area contributed by atoms with Crippen LogP contribution in [0.25, 0.3) is 10.8 Å². The first kappa shape index (κ1) is 61.7. The van der Waals surface area contributed by atoms with Gasteiger partial charge in [-0.05, 0) is 136 Å². The Morgan fingerprint density at radius 1 is 0.429 bits per heavy atom. The van der Waals surface area contributed by atoms with E-state index in [0.29, 0.717) is 11.4 Å². The molecule has 0 unspecified atom stereocenters. The van der Waals surface area contributed by atoms with Crippen LogP contribution in [0.15, 0.2) is 46.6 Å². The van der Waals surface area contributed by atoms with Crippen LogP contribution in [0, 0.1) is 44.3 Å². The minimum Gasteiger partial charge on any atom is -0.778 e. The van der Waals surface area contributed by atoms with Crippen molar-refractivity contribution in [2.75, 3.05) is 0 Å². The molecule has 18 heteroatoms. The maximum absolute atomic E-state index is 10.7. The van der Waals surface area contributed by atoms with Crippen LogP contribution in [0.1, 0.15) is 125 Å². The van der Waals surface area contributed by atoms with Gasteiger partial charge in [-0.3, -0.25) is 0 Å². The van der Waals surface area contributed by atoms with E-state index in [-0.39, 0.29) is 81.3 Å². The molecule has 322 valence electrons. The Morgan fingerprint density at radius 3 is 0.625 bits per heavy atom. The molecule has 2 aliphatic rings. The third-order valence-corrected chi connectivity index (χ3v) is 8.88. The predicted molar refractivity (Wildman–Crippen MR) is 215 cm³/mol. The Hall–Kier alpha value is -0.924. The van der Waals surface area contributed by atoms with E-state index in [2.05, 4.69) is 149 Å². The zero-order valence-corrected chi connectivity index (χ0v) is 42.4. The number of nitrogens with zero attached hydrogens (tertiary/aromatic N) is 2. The van der Waals surface area contributed by atoms with E-state index in [1.807, 2.05) is 0 Å². The summed E-state index contributed by atoms with van der Waals surface area (Å²) in [4.78, 5) is 0. The van der Waals surface area contributed by atoms with E-state index >= 15 is 0 Å². The average Bonchev–Trinajstić information content (AvgIpc) is 2.83. The monoisotopic (exact) mass is 1060 g/mol. The zero-order chi connectivity index (χ0) is 44.4. The Labute approximate surface area is 367 Å².